The van der Waals surface area contributed by atoms with Gasteiger partial charge in [0, 0.05) is 23.7 Å². The third-order valence-corrected chi connectivity index (χ3v) is 7.07. The predicted octanol–water partition coefficient (Wildman–Crippen LogP) is 6.70. The normalized spacial score (nSPS) is 14.6. The van der Waals surface area contributed by atoms with Crippen LogP contribution >= 0.6 is 0 Å². The first kappa shape index (κ1) is 24.4. The molecule has 0 saturated heterocycles. The Bertz CT molecular complexity index is 1480. The molecule has 0 aliphatic heterocycles. The average molecular weight is 499 g/mol. The van der Waals surface area contributed by atoms with E-state index in [1.165, 1.54) is 16.0 Å². The van der Waals surface area contributed by atoms with Crippen LogP contribution in [0.4, 0.5) is 10.5 Å². The summed E-state index contributed by atoms with van der Waals surface area (Å²) < 4.78 is 17.2. The number of anilines is 1. The quantitative estimate of drug-likeness (QED) is 0.318. The largest absolute Gasteiger partial charge is 0.493 e. The van der Waals surface area contributed by atoms with Crippen molar-refractivity contribution in [3.05, 3.63) is 83.0 Å². The molecule has 4 aromatic rings. The number of fused-ring (bicyclic) bond motifs is 2. The number of methoxy groups -OCH3 is 2. The Balaban J connectivity index is 1.48. The van der Waals surface area contributed by atoms with Crippen molar-refractivity contribution in [2.45, 2.75) is 39.2 Å². The Morgan fingerprint density at radius 2 is 1.65 bits per heavy atom. The molecule has 1 N–H and O–H groups in total. The van der Waals surface area contributed by atoms with Crippen LogP contribution in [0, 0.1) is 13.8 Å². The van der Waals surface area contributed by atoms with E-state index in [4.69, 9.17) is 14.2 Å². The number of ether oxygens (including phenoxy) is 3. The molecule has 1 unspecified atom stereocenters. The SMILES string of the molecule is COc1cc2nccc(Oc3cc(C)c(N(C(=O)O)C4CCc5ccccc5C4)cc3C)c2cc1OC. The number of pyridine rings is 1. The molecule has 37 heavy (non-hydrogen) atoms. The second-order valence-corrected chi connectivity index (χ2v) is 9.36. The first-order valence-electron chi connectivity index (χ1n) is 12.3. The van der Waals surface area contributed by atoms with E-state index in [2.05, 4.69) is 17.1 Å². The number of rotatable bonds is 6. The molecule has 1 aliphatic rings. The van der Waals surface area contributed by atoms with Gasteiger partial charge in [-0.1, -0.05) is 24.3 Å². The molecule has 190 valence electrons. The molecule has 5 rings (SSSR count). The third-order valence-electron chi connectivity index (χ3n) is 7.07. The van der Waals surface area contributed by atoms with Crippen molar-refractivity contribution in [1.82, 2.24) is 4.98 Å². The molecule has 1 heterocycles. The molecule has 7 nitrogen and oxygen atoms in total. The van der Waals surface area contributed by atoms with Crippen molar-refractivity contribution in [3.8, 4) is 23.0 Å². The minimum atomic E-state index is -0.943. The van der Waals surface area contributed by atoms with E-state index in [9.17, 15) is 9.90 Å². The lowest BCUT2D eigenvalue weighted by Gasteiger charge is -2.34. The highest BCUT2D eigenvalue weighted by Gasteiger charge is 2.30. The lowest BCUT2D eigenvalue weighted by atomic mass is 9.87. The Morgan fingerprint density at radius 3 is 2.38 bits per heavy atom. The highest BCUT2D eigenvalue weighted by atomic mass is 16.5. The van der Waals surface area contributed by atoms with E-state index < -0.39 is 6.09 Å². The van der Waals surface area contributed by atoms with Crippen molar-refractivity contribution in [3.63, 3.8) is 0 Å². The van der Waals surface area contributed by atoms with Gasteiger partial charge in [0.2, 0.25) is 0 Å². The fourth-order valence-corrected chi connectivity index (χ4v) is 5.15. The smallest absolute Gasteiger partial charge is 0.412 e. The summed E-state index contributed by atoms with van der Waals surface area (Å²) in [4.78, 5) is 18.4. The number of carboxylic acid groups (broad SMARTS) is 1. The molecule has 7 heteroatoms. The van der Waals surface area contributed by atoms with Crippen LogP contribution in [-0.4, -0.2) is 36.4 Å². The number of amides is 1. The van der Waals surface area contributed by atoms with Crippen molar-refractivity contribution in [2.24, 2.45) is 0 Å². The first-order valence-corrected chi connectivity index (χ1v) is 12.3. The van der Waals surface area contributed by atoms with E-state index in [1.807, 2.05) is 50.2 Å². The van der Waals surface area contributed by atoms with Gasteiger partial charge in [-0.2, -0.15) is 0 Å². The molecule has 0 radical (unpaired) electrons. The van der Waals surface area contributed by atoms with Gasteiger partial charge in [-0.25, -0.2) is 4.79 Å². The topological polar surface area (TPSA) is 81.1 Å². The summed E-state index contributed by atoms with van der Waals surface area (Å²) in [5, 5.41) is 11.0. The second-order valence-electron chi connectivity index (χ2n) is 9.36. The second kappa shape index (κ2) is 10.0. The van der Waals surface area contributed by atoms with Crippen LogP contribution < -0.4 is 19.1 Å². The van der Waals surface area contributed by atoms with Crippen LogP contribution in [-0.2, 0) is 12.8 Å². The zero-order chi connectivity index (χ0) is 26.1. The first-order chi connectivity index (χ1) is 17.9. The maximum atomic E-state index is 12.5. The summed E-state index contributed by atoms with van der Waals surface area (Å²) >= 11 is 0. The van der Waals surface area contributed by atoms with E-state index in [1.54, 1.807) is 26.5 Å². The zero-order valence-corrected chi connectivity index (χ0v) is 21.4. The maximum absolute atomic E-state index is 12.5. The molecule has 0 saturated carbocycles. The lowest BCUT2D eigenvalue weighted by Crippen LogP contribution is -2.43. The molecule has 1 amide bonds. The standard InChI is InChI=1S/C30H30N2O5/c1-18-14-27(37-26-11-12-31-24-17-29(36-4)28(35-3)16-23(24)26)19(2)13-25(18)32(30(33)34)22-10-9-20-7-5-6-8-21(20)15-22/h5-8,11-14,16-17,22H,9-10,15H2,1-4H3,(H,33,34). The highest BCUT2D eigenvalue weighted by Crippen LogP contribution is 2.39. The van der Waals surface area contributed by atoms with Gasteiger partial charge < -0.3 is 19.3 Å². The number of aromatic nitrogens is 1. The van der Waals surface area contributed by atoms with Gasteiger partial charge in [-0.15, -0.1) is 0 Å². The number of nitrogens with zero attached hydrogens (tertiary/aromatic N) is 2. The number of hydrogen-bond acceptors (Lipinski definition) is 5. The van der Waals surface area contributed by atoms with Gasteiger partial charge in [0.25, 0.3) is 0 Å². The average Bonchev–Trinajstić information content (AvgIpc) is 2.90. The molecule has 0 bridgehead atoms. The van der Waals surface area contributed by atoms with Crippen molar-refractivity contribution >= 4 is 22.7 Å². The van der Waals surface area contributed by atoms with Crippen molar-refractivity contribution < 1.29 is 24.1 Å². The Hall–Kier alpha value is -4.26. The Labute approximate surface area is 216 Å². The summed E-state index contributed by atoms with van der Waals surface area (Å²) in [7, 11) is 3.18. The predicted molar refractivity (Wildman–Crippen MR) is 144 cm³/mol. The van der Waals surface area contributed by atoms with Gasteiger partial charge >= 0.3 is 6.09 Å². The monoisotopic (exact) mass is 498 g/mol. The van der Waals surface area contributed by atoms with Gasteiger partial charge in [0.15, 0.2) is 11.5 Å². The number of carbonyl (C=O) groups is 1. The van der Waals surface area contributed by atoms with Crippen LogP contribution in [0.5, 0.6) is 23.0 Å². The lowest BCUT2D eigenvalue weighted by molar-refractivity contribution is 0.198. The number of benzene rings is 3. The van der Waals surface area contributed by atoms with Gasteiger partial charge in [0.1, 0.15) is 11.5 Å². The zero-order valence-electron chi connectivity index (χ0n) is 21.4. The summed E-state index contributed by atoms with van der Waals surface area (Å²) in [5.41, 5.74) is 5.60. The molecule has 0 fully saturated rings. The molecule has 1 aromatic heterocycles. The van der Waals surface area contributed by atoms with Crippen LogP contribution in [0.25, 0.3) is 10.9 Å². The third kappa shape index (κ3) is 4.65. The number of aryl methyl sites for hydroxylation is 3. The molecule has 3 aromatic carbocycles. The molecule has 1 aliphatic carbocycles. The molecule has 0 spiro atoms. The summed E-state index contributed by atoms with van der Waals surface area (Å²) in [6.45, 7) is 3.86. The van der Waals surface area contributed by atoms with E-state index >= 15 is 0 Å². The van der Waals surface area contributed by atoms with Crippen LogP contribution in [0.3, 0.4) is 0 Å². The number of hydrogen-bond donors (Lipinski definition) is 1. The Morgan fingerprint density at radius 1 is 0.919 bits per heavy atom. The summed E-state index contributed by atoms with van der Waals surface area (Å²) in [6.07, 6.45) is 3.10. The molecule has 1 atom stereocenters. The van der Waals surface area contributed by atoms with E-state index in [-0.39, 0.29) is 6.04 Å². The summed E-state index contributed by atoms with van der Waals surface area (Å²) in [6, 6.07) is 17.4. The van der Waals surface area contributed by atoms with Gasteiger partial charge in [0.05, 0.1) is 25.4 Å². The van der Waals surface area contributed by atoms with Gasteiger partial charge in [-0.05, 0) is 79.6 Å². The van der Waals surface area contributed by atoms with E-state index in [0.29, 0.717) is 35.1 Å². The highest BCUT2D eigenvalue weighted by molar-refractivity contribution is 5.90. The summed E-state index contributed by atoms with van der Waals surface area (Å²) in [5.74, 6) is 2.46. The minimum Gasteiger partial charge on any atom is -0.493 e. The molecular formula is C30H30N2O5. The van der Waals surface area contributed by atoms with Crippen molar-refractivity contribution in [1.29, 1.82) is 0 Å². The van der Waals surface area contributed by atoms with Crippen LogP contribution in [0.1, 0.15) is 28.7 Å². The van der Waals surface area contributed by atoms with Crippen LogP contribution in [0.2, 0.25) is 0 Å². The fraction of sp³-hybridized carbons (Fsp3) is 0.267. The molecular weight excluding hydrogens is 468 g/mol. The van der Waals surface area contributed by atoms with Crippen molar-refractivity contribution in [2.75, 3.05) is 19.1 Å². The van der Waals surface area contributed by atoms with Crippen LogP contribution in [0.15, 0.2) is 60.8 Å². The minimum absolute atomic E-state index is 0.121. The van der Waals surface area contributed by atoms with E-state index in [0.717, 1.165) is 34.9 Å². The van der Waals surface area contributed by atoms with Gasteiger partial charge in [-0.3, -0.25) is 9.88 Å². The Kier molecular flexibility index (Phi) is 6.61. The maximum Gasteiger partial charge on any atom is 0.412 e. The fourth-order valence-electron chi connectivity index (χ4n) is 5.15.